The molecule has 0 saturated heterocycles. The predicted octanol–water partition coefficient (Wildman–Crippen LogP) is 3.15. The highest BCUT2D eigenvalue weighted by Crippen LogP contribution is 2.24. The minimum absolute atomic E-state index is 0.220. The van der Waals surface area contributed by atoms with Gasteiger partial charge in [-0.25, -0.2) is 0 Å². The number of aryl methyl sites for hydroxylation is 1. The maximum atomic E-state index is 8.71. The number of rotatable bonds is 6. The Balaban J connectivity index is 2.53. The molecular weight excluding hydrogens is 222 g/mol. The highest BCUT2D eigenvalue weighted by molar-refractivity contribution is 5.34. The molecule has 0 amide bonds. The molecule has 1 rings (SSSR count). The minimum Gasteiger partial charge on any atom is -0.396 e. The van der Waals surface area contributed by atoms with Crippen molar-refractivity contribution < 1.29 is 5.11 Å². The molecule has 0 aliphatic heterocycles. The van der Waals surface area contributed by atoms with Crippen LogP contribution in [0.5, 0.6) is 0 Å². The molecular formula is C16H27NO. The number of hydrogen-bond donors (Lipinski definition) is 2. The summed E-state index contributed by atoms with van der Waals surface area (Å²) in [5.41, 5.74) is 4.34. The first-order valence-electron chi connectivity index (χ1n) is 6.86. The SMILES string of the molecule is Cc1cc(C(C)(C)C)ccc1CNCCCCO. The van der Waals surface area contributed by atoms with E-state index in [9.17, 15) is 0 Å². The van der Waals surface area contributed by atoms with Crippen LogP contribution in [0.1, 0.15) is 50.3 Å². The van der Waals surface area contributed by atoms with E-state index in [1.165, 1.54) is 16.7 Å². The molecule has 1 aromatic rings. The number of aliphatic hydroxyl groups is 1. The number of benzene rings is 1. The van der Waals surface area contributed by atoms with Crippen molar-refractivity contribution in [3.05, 3.63) is 34.9 Å². The Hall–Kier alpha value is -0.860. The van der Waals surface area contributed by atoms with Gasteiger partial charge in [0.05, 0.1) is 0 Å². The smallest absolute Gasteiger partial charge is 0.0431 e. The first kappa shape index (κ1) is 15.2. The van der Waals surface area contributed by atoms with Crippen molar-refractivity contribution in [3.63, 3.8) is 0 Å². The fourth-order valence-corrected chi connectivity index (χ4v) is 1.95. The Bertz CT molecular complexity index is 366. The average molecular weight is 249 g/mol. The van der Waals surface area contributed by atoms with Crippen LogP contribution >= 0.6 is 0 Å². The first-order valence-corrected chi connectivity index (χ1v) is 6.86. The lowest BCUT2D eigenvalue weighted by Crippen LogP contribution is -2.17. The lowest BCUT2D eigenvalue weighted by Gasteiger charge is -2.20. The van der Waals surface area contributed by atoms with Crippen LogP contribution in [0.4, 0.5) is 0 Å². The van der Waals surface area contributed by atoms with Crippen LogP contribution in [0.25, 0.3) is 0 Å². The Morgan fingerprint density at radius 3 is 2.44 bits per heavy atom. The third kappa shape index (κ3) is 4.79. The molecule has 1 aromatic carbocycles. The van der Waals surface area contributed by atoms with Crippen molar-refractivity contribution in [3.8, 4) is 0 Å². The zero-order valence-electron chi connectivity index (χ0n) is 12.2. The van der Waals surface area contributed by atoms with E-state index in [1.807, 2.05) is 0 Å². The number of aliphatic hydroxyl groups excluding tert-OH is 1. The van der Waals surface area contributed by atoms with Gasteiger partial charge in [0.2, 0.25) is 0 Å². The van der Waals surface area contributed by atoms with E-state index >= 15 is 0 Å². The van der Waals surface area contributed by atoms with Crippen molar-refractivity contribution in [1.82, 2.24) is 5.32 Å². The molecule has 2 N–H and O–H groups in total. The zero-order chi connectivity index (χ0) is 13.6. The molecule has 0 aliphatic carbocycles. The van der Waals surface area contributed by atoms with E-state index in [0.29, 0.717) is 6.61 Å². The van der Waals surface area contributed by atoms with Crippen LogP contribution < -0.4 is 5.32 Å². The van der Waals surface area contributed by atoms with Crippen molar-refractivity contribution >= 4 is 0 Å². The van der Waals surface area contributed by atoms with E-state index in [4.69, 9.17) is 5.11 Å². The summed E-state index contributed by atoms with van der Waals surface area (Å²) in [6, 6.07) is 6.76. The molecule has 0 saturated carbocycles. The van der Waals surface area contributed by atoms with Gasteiger partial charge in [-0.15, -0.1) is 0 Å². The molecule has 0 unspecified atom stereocenters. The van der Waals surface area contributed by atoms with Crippen LogP contribution in [0, 0.1) is 6.92 Å². The molecule has 0 aromatic heterocycles. The molecule has 0 fully saturated rings. The lowest BCUT2D eigenvalue weighted by atomic mass is 9.85. The Morgan fingerprint density at radius 1 is 1.17 bits per heavy atom. The molecule has 0 heterocycles. The molecule has 0 radical (unpaired) electrons. The predicted molar refractivity (Wildman–Crippen MR) is 77.9 cm³/mol. The van der Waals surface area contributed by atoms with E-state index in [2.05, 4.69) is 51.2 Å². The molecule has 18 heavy (non-hydrogen) atoms. The summed E-state index contributed by atoms with van der Waals surface area (Å²) in [4.78, 5) is 0. The van der Waals surface area contributed by atoms with E-state index in [-0.39, 0.29) is 5.41 Å². The maximum Gasteiger partial charge on any atom is 0.0431 e. The Labute approximate surface area is 111 Å². The van der Waals surface area contributed by atoms with Gasteiger partial charge in [-0.3, -0.25) is 0 Å². The Morgan fingerprint density at radius 2 is 1.89 bits per heavy atom. The second kappa shape index (κ2) is 6.91. The largest absolute Gasteiger partial charge is 0.396 e. The third-order valence-electron chi connectivity index (χ3n) is 3.29. The van der Waals surface area contributed by atoms with Crippen LogP contribution in [0.2, 0.25) is 0 Å². The number of nitrogens with one attached hydrogen (secondary N) is 1. The van der Waals surface area contributed by atoms with Gasteiger partial charge in [0, 0.05) is 13.2 Å². The van der Waals surface area contributed by atoms with Gasteiger partial charge in [0.25, 0.3) is 0 Å². The fraction of sp³-hybridized carbons (Fsp3) is 0.625. The summed E-state index contributed by atoms with van der Waals surface area (Å²) in [6.45, 7) is 11.1. The summed E-state index contributed by atoms with van der Waals surface area (Å²) in [7, 11) is 0. The van der Waals surface area contributed by atoms with Gasteiger partial charge in [-0.05, 0) is 48.4 Å². The van der Waals surface area contributed by atoms with Gasteiger partial charge in [0.15, 0.2) is 0 Å². The maximum absolute atomic E-state index is 8.71. The quantitative estimate of drug-likeness (QED) is 0.759. The van der Waals surface area contributed by atoms with Crippen LogP contribution in [0.3, 0.4) is 0 Å². The third-order valence-corrected chi connectivity index (χ3v) is 3.29. The molecule has 102 valence electrons. The normalized spacial score (nSPS) is 11.8. The molecule has 2 heteroatoms. The van der Waals surface area contributed by atoms with Crippen molar-refractivity contribution in [2.75, 3.05) is 13.2 Å². The summed E-state index contributed by atoms with van der Waals surface area (Å²) in [6.07, 6.45) is 1.92. The molecule has 0 aliphatic rings. The highest BCUT2D eigenvalue weighted by atomic mass is 16.2. The van der Waals surface area contributed by atoms with Crippen LogP contribution in [-0.2, 0) is 12.0 Å². The first-order chi connectivity index (χ1) is 8.45. The summed E-state index contributed by atoms with van der Waals surface area (Å²) < 4.78 is 0. The second-order valence-electron chi connectivity index (χ2n) is 6.00. The number of unbranched alkanes of at least 4 members (excludes halogenated alkanes) is 1. The van der Waals surface area contributed by atoms with Crippen molar-refractivity contribution in [2.24, 2.45) is 0 Å². The van der Waals surface area contributed by atoms with Gasteiger partial charge in [-0.2, -0.15) is 0 Å². The number of hydrogen-bond acceptors (Lipinski definition) is 2. The van der Waals surface area contributed by atoms with Gasteiger partial charge in [0.1, 0.15) is 0 Å². The summed E-state index contributed by atoms with van der Waals surface area (Å²) >= 11 is 0. The van der Waals surface area contributed by atoms with Crippen molar-refractivity contribution in [1.29, 1.82) is 0 Å². The molecule has 0 atom stereocenters. The van der Waals surface area contributed by atoms with E-state index in [0.717, 1.165) is 25.9 Å². The fourth-order valence-electron chi connectivity index (χ4n) is 1.95. The van der Waals surface area contributed by atoms with Crippen LogP contribution in [-0.4, -0.2) is 18.3 Å². The standard InChI is InChI=1S/C16H27NO/c1-13-11-15(16(2,3)4)8-7-14(13)12-17-9-5-6-10-18/h7-8,11,17-18H,5-6,9-10,12H2,1-4H3. The summed E-state index contributed by atoms with van der Waals surface area (Å²) in [5, 5.41) is 12.1. The topological polar surface area (TPSA) is 32.3 Å². The van der Waals surface area contributed by atoms with Crippen LogP contribution in [0.15, 0.2) is 18.2 Å². The van der Waals surface area contributed by atoms with Gasteiger partial charge < -0.3 is 10.4 Å². The van der Waals surface area contributed by atoms with E-state index in [1.54, 1.807) is 0 Å². The van der Waals surface area contributed by atoms with Gasteiger partial charge >= 0.3 is 0 Å². The minimum atomic E-state index is 0.220. The molecule has 2 nitrogen and oxygen atoms in total. The zero-order valence-corrected chi connectivity index (χ0v) is 12.2. The Kier molecular flexibility index (Phi) is 5.83. The monoisotopic (exact) mass is 249 g/mol. The molecule has 0 bridgehead atoms. The van der Waals surface area contributed by atoms with Crippen molar-refractivity contribution in [2.45, 2.75) is 52.5 Å². The average Bonchev–Trinajstić information content (AvgIpc) is 2.29. The summed E-state index contributed by atoms with van der Waals surface area (Å²) in [5.74, 6) is 0. The second-order valence-corrected chi connectivity index (χ2v) is 6.00. The van der Waals surface area contributed by atoms with E-state index < -0.39 is 0 Å². The lowest BCUT2D eigenvalue weighted by molar-refractivity contribution is 0.283. The highest BCUT2D eigenvalue weighted by Gasteiger charge is 2.14. The van der Waals surface area contributed by atoms with Gasteiger partial charge in [-0.1, -0.05) is 39.0 Å². The molecule has 0 spiro atoms.